The number of aliphatic hydroxyl groups excluding tert-OH is 1. The number of hydrogen-bond donors (Lipinski definition) is 3. The molecule has 37 heavy (non-hydrogen) atoms. The first kappa shape index (κ1) is 29.0. The Morgan fingerprint density at radius 2 is 1.97 bits per heavy atom. The van der Waals surface area contributed by atoms with Gasteiger partial charge in [-0.25, -0.2) is 13.8 Å². The molecule has 0 bridgehead atoms. The average molecular weight is 568 g/mol. The van der Waals surface area contributed by atoms with E-state index in [2.05, 4.69) is 5.09 Å². The molecular weight excluding hydrogens is 543 g/mol. The number of esters is 1. The van der Waals surface area contributed by atoms with Crippen molar-refractivity contribution in [3.05, 3.63) is 63.2 Å². The van der Waals surface area contributed by atoms with E-state index in [0.29, 0.717) is 10.8 Å². The molecule has 3 N–H and O–H groups in total. The Labute approximate surface area is 214 Å². The molecule has 0 radical (unpaired) electrons. The van der Waals surface area contributed by atoms with Crippen LogP contribution in [0.15, 0.2) is 46.1 Å². The third-order valence-electron chi connectivity index (χ3n) is 4.99. The van der Waals surface area contributed by atoms with Gasteiger partial charge in [-0.05, 0) is 32.9 Å². The van der Waals surface area contributed by atoms with Gasteiger partial charge in [-0.1, -0.05) is 29.8 Å². The number of alkyl halides is 2. The Morgan fingerprint density at radius 1 is 1.32 bits per heavy atom. The van der Waals surface area contributed by atoms with Gasteiger partial charge < -0.3 is 19.1 Å². The standard InChI is InChI=1S/C21H25ClF2N3O9P/c1-11(2)34-18(30)12(3)26-37(32,36-13-7-5-4-6-8-13)33-10-15-16(28)21(22,24)19(35-15)27-9-14(23)17(29)25-20(27)31/h4-9,11-12,15-16,19,28H,10H2,1-3H3,(H,26,32)(H,25,29,31)/t12-,15-,16-,19-,21-,37+/m1/s1. The maximum Gasteiger partial charge on any atom is 0.459 e. The molecule has 2 heterocycles. The Balaban J connectivity index is 1.82. The Kier molecular flexibility index (Phi) is 8.93. The summed E-state index contributed by atoms with van der Waals surface area (Å²) in [5.74, 6) is -2.12. The van der Waals surface area contributed by atoms with E-state index in [4.69, 9.17) is 30.1 Å². The van der Waals surface area contributed by atoms with Crippen molar-refractivity contribution in [1.29, 1.82) is 0 Å². The summed E-state index contributed by atoms with van der Waals surface area (Å²) < 4.78 is 63.9. The fourth-order valence-electron chi connectivity index (χ4n) is 3.25. The lowest BCUT2D eigenvalue weighted by atomic mass is 10.1. The van der Waals surface area contributed by atoms with Gasteiger partial charge in [0.2, 0.25) is 5.82 Å². The molecule has 2 aromatic rings. The minimum absolute atomic E-state index is 0.0842. The molecule has 0 unspecified atom stereocenters. The molecule has 1 saturated heterocycles. The lowest BCUT2D eigenvalue weighted by Crippen LogP contribution is -2.42. The quantitative estimate of drug-likeness (QED) is 0.220. The number of H-pyrrole nitrogens is 1. The average Bonchev–Trinajstić information content (AvgIpc) is 3.03. The predicted octanol–water partition coefficient (Wildman–Crippen LogP) is 1.97. The van der Waals surface area contributed by atoms with Crippen LogP contribution in [0, 0.1) is 5.82 Å². The second kappa shape index (κ2) is 11.4. The zero-order chi connectivity index (χ0) is 27.5. The molecular formula is C21H25ClF2N3O9P. The van der Waals surface area contributed by atoms with E-state index in [1.807, 2.05) is 0 Å². The maximum atomic E-state index is 15.2. The van der Waals surface area contributed by atoms with E-state index in [1.165, 1.54) is 19.1 Å². The zero-order valence-corrected chi connectivity index (χ0v) is 21.4. The minimum atomic E-state index is -4.41. The predicted molar refractivity (Wildman–Crippen MR) is 125 cm³/mol. The van der Waals surface area contributed by atoms with Crippen molar-refractivity contribution >= 4 is 25.3 Å². The highest BCUT2D eigenvalue weighted by molar-refractivity contribution is 7.52. The van der Waals surface area contributed by atoms with Crippen LogP contribution >= 0.6 is 19.3 Å². The van der Waals surface area contributed by atoms with Gasteiger partial charge in [0.1, 0.15) is 24.0 Å². The molecule has 0 aliphatic carbocycles. The first-order valence-corrected chi connectivity index (χ1v) is 12.9. The third kappa shape index (κ3) is 6.83. The molecule has 1 fully saturated rings. The molecule has 16 heteroatoms. The molecule has 3 rings (SSSR count). The number of carbonyl (C=O) groups is 1. The number of nitrogens with one attached hydrogen (secondary N) is 2. The third-order valence-corrected chi connectivity index (χ3v) is 7.05. The first-order chi connectivity index (χ1) is 17.2. The monoisotopic (exact) mass is 567 g/mol. The number of aromatic amines is 1. The largest absolute Gasteiger partial charge is 0.462 e. The normalized spacial score (nSPS) is 26.0. The van der Waals surface area contributed by atoms with Gasteiger partial charge in [0.15, 0.2) is 6.23 Å². The lowest BCUT2D eigenvalue weighted by molar-refractivity contribution is -0.149. The van der Waals surface area contributed by atoms with Crippen LogP contribution in [0.1, 0.15) is 27.0 Å². The molecule has 6 atom stereocenters. The number of rotatable bonds is 10. The number of nitrogens with zero attached hydrogens (tertiary/aromatic N) is 1. The van der Waals surface area contributed by atoms with Gasteiger partial charge >= 0.3 is 19.4 Å². The van der Waals surface area contributed by atoms with Crippen molar-refractivity contribution in [1.82, 2.24) is 14.6 Å². The molecule has 0 spiro atoms. The number of aliphatic hydroxyl groups is 1. The van der Waals surface area contributed by atoms with Crippen molar-refractivity contribution in [2.45, 2.75) is 56.5 Å². The van der Waals surface area contributed by atoms with E-state index < -0.39 is 73.1 Å². The van der Waals surface area contributed by atoms with Crippen LogP contribution in [0.25, 0.3) is 0 Å². The molecule has 0 amide bonds. The van der Waals surface area contributed by atoms with E-state index in [1.54, 1.807) is 37.0 Å². The number of para-hydroxylation sites is 1. The van der Waals surface area contributed by atoms with E-state index in [-0.39, 0.29) is 5.75 Å². The van der Waals surface area contributed by atoms with Gasteiger partial charge in [-0.3, -0.25) is 23.7 Å². The summed E-state index contributed by atoms with van der Waals surface area (Å²) in [4.78, 5) is 37.2. The van der Waals surface area contributed by atoms with Gasteiger partial charge in [0.05, 0.1) is 18.9 Å². The van der Waals surface area contributed by atoms with Crippen LogP contribution in [-0.2, 0) is 23.4 Å². The van der Waals surface area contributed by atoms with Crippen LogP contribution in [0.5, 0.6) is 5.75 Å². The number of benzene rings is 1. The zero-order valence-electron chi connectivity index (χ0n) is 19.8. The number of halogens is 3. The summed E-state index contributed by atoms with van der Waals surface area (Å²) in [6, 6.07) is 6.55. The Morgan fingerprint density at radius 3 is 2.59 bits per heavy atom. The molecule has 1 aliphatic heterocycles. The van der Waals surface area contributed by atoms with E-state index >= 15 is 4.39 Å². The van der Waals surface area contributed by atoms with E-state index in [0.717, 1.165) is 0 Å². The maximum absolute atomic E-state index is 15.2. The van der Waals surface area contributed by atoms with Crippen LogP contribution in [0.4, 0.5) is 8.78 Å². The molecule has 204 valence electrons. The van der Waals surface area contributed by atoms with Crippen LogP contribution in [-0.4, -0.2) is 56.7 Å². The highest BCUT2D eigenvalue weighted by Gasteiger charge is 2.58. The van der Waals surface area contributed by atoms with Crippen molar-refractivity contribution < 1.29 is 41.8 Å². The minimum Gasteiger partial charge on any atom is -0.462 e. The van der Waals surface area contributed by atoms with Gasteiger partial charge in [-0.2, -0.15) is 9.48 Å². The molecule has 1 aliphatic rings. The summed E-state index contributed by atoms with van der Waals surface area (Å²) >= 11 is 5.78. The van der Waals surface area contributed by atoms with Crippen molar-refractivity contribution in [2.75, 3.05) is 6.61 Å². The fraction of sp³-hybridized carbons (Fsp3) is 0.476. The SMILES string of the molecule is CC(C)OC(=O)[C@@H](C)N[P@](=O)(OC[C@H]1O[C@@H](n2cc(F)c(=O)[nH]c2=O)[C@@](F)(Cl)[C@@H]1O)Oc1ccccc1. The van der Waals surface area contributed by atoms with Gasteiger partial charge in [-0.15, -0.1) is 0 Å². The van der Waals surface area contributed by atoms with E-state index in [9.17, 15) is 28.4 Å². The first-order valence-electron chi connectivity index (χ1n) is 10.9. The number of ether oxygens (including phenoxy) is 2. The second-order valence-corrected chi connectivity index (χ2v) is 10.6. The fourth-order valence-corrected chi connectivity index (χ4v) is 5.05. The van der Waals surface area contributed by atoms with Gasteiger partial charge in [0.25, 0.3) is 10.7 Å². The van der Waals surface area contributed by atoms with Gasteiger partial charge in [0, 0.05) is 0 Å². The highest BCUT2D eigenvalue weighted by atomic mass is 35.5. The number of carbonyl (C=O) groups excluding carboxylic acids is 1. The van der Waals surface area contributed by atoms with Crippen LogP contribution < -0.4 is 20.9 Å². The summed E-state index contributed by atoms with van der Waals surface area (Å²) in [6.07, 6.45) is -6.02. The Hall–Kier alpha value is -2.61. The number of hydrogen-bond acceptors (Lipinski definition) is 9. The molecule has 1 aromatic carbocycles. The highest BCUT2D eigenvalue weighted by Crippen LogP contribution is 2.48. The molecule has 12 nitrogen and oxygen atoms in total. The number of aromatic nitrogens is 2. The summed E-state index contributed by atoms with van der Waals surface area (Å²) in [6.45, 7) is 3.75. The smallest absolute Gasteiger partial charge is 0.459 e. The summed E-state index contributed by atoms with van der Waals surface area (Å²) in [7, 11) is -4.41. The van der Waals surface area contributed by atoms with Crippen LogP contribution in [0.3, 0.4) is 0 Å². The second-order valence-electron chi connectivity index (χ2n) is 8.32. The summed E-state index contributed by atoms with van der Waals surface area (Å²) in [5, 5.41) is 9.62. The molecule has 1 aromatic heterocycles. The Bertz CT molecular complexity index is 1270. The topological polar surface area (TPSA) is 158 Å². The molecule has 0 saturated carbocycles. The summed E-state index contributed by atoms with van der Waals surface area (Å²) in [5.41, 5.74) is -2.61. The lowest BCUT2D eigenvalue weighted by Gasteiger charge is -2.25. The van der Waals surface area contributed by atoms with Crippen LogP contribution in [0.2, 0.25) is 0 Å². The van der Waals surface area contributed by atoms with Crippen molar-refractivity contribution in [3.63, 3.8) is 0 Å². The van der Waals surface area contributed by atoms with Crippen molar-refractivity contribution in [2.24, 2.45) is 0 Å². The van der Waals surface area contributed by atoms with Crippen molar-refractivity contribution in [3.8, 4) is 5.75 Å².